The van der Waals surface area contributed by atoms with Gasteiger partial charge in [0.25, 0.3) is 5.56 Å². The largest absolute Gasteiger partial charge is 0.493 e. The van der Waals surface area contributed by atoms with Crippen molar-refractivity contribution in [1.82, 2.24) is 14.9 Å². The molecule has 0 saturated heterocycles. The van der Waals surface area contributed by atoms with Crippen molar-refractivity contribution in [2.75, 3.05) is 36.5 Å². The molecule has 242 valence electrons. The van der Waals surface area contributed by atoms with Crippen LogP contribution in [0.5, 0.6) is 5.75 Å². The number of hydrogen-bond donors (Lipinski definition) is 1. The normalized spacial score (nSPS) is 14.8. The second-order valence-corrected chi connectivity index (χ2v) is 11.4. The second kappa shape index (κ2) is 14.9. The molecule has 0 spiro atoms. The minimum Gasteiger partial charge on any atom is -0.493 e. The van der Waals surface area contributed by atoms with Crippen molar-refractivity contribution in [2.24, 2.45) is 5.41 Å². The van der Waals surface area contributed by atoms with E-state index < -0.39 is 5.41 Å². The van der Waals surface area contributed by atoms with E-state index in [2.05, 4.69) is 10.3 Å². The summed E-state index contributed by atoms with van der Waals surface area (Å²) in [7, 11) is 1.70. The van der Waals surface area contributed by atoms with E-state index >= 15 is 0 Å². The molecule has 2 amide bonds. The Bertz CT molecular complexity index is 1690. The molecular weight excluding hydrogens is 617 g/mol. The first-order valence-corrected chi connectivity index (χ1v) is 14.7. The monoisotopic (exact) mass is 657 g/mol. The van der Waals surface area contributed by atoms with Crippen molar-refractivity contribution in [3.8, 4) is 5.75 Å². The number of anilines is 2. The molecule has 10 nitrogen and oxygen atoms in total. The zero-order chi connectivity index (χ0) is 30.7. The van der Waals surface area contributed by atoms with E-state index in [1.807, 2.05) is 56.4 Å². The molecule has 4 aromatic rings. The summed E-state index contributed by atoms with van der Waals surface area (Å²) in [6, 6.07) is 11.3. The number of carbonyl (C=O) groups excluding carboxylic acids is 2. The molecule has 12 heteroatoms. The number of nitrogens with zero attached hydrogens (tertiary/aromatic N) is 4. The summed E-state index contributed by atoms with van der Waals surface area (Å²) in [6.07, 6.45) is 8.42. The number of benzene rings is 1. The van der Waals surface area contributed by atoms with Crippen LogP contribution in [0, 0.1) is 12.3 Å². The predicted molar refractivity (Wildman–Crippen MR) is 181 cm³/mol. The first-order valence-electron chi connectivity index (χ1n) is 14.7. The van der Waals surface area contributed by atoms with Crippen molar-refractivity contribution in [1.29, 1.82) is 0 Å². The van der Waals surface area contributed by atoms with Crippen LogP contribution in [-0.2, 0) is 16.1 Å². The third kappa shape index (κ3) is 7.19. The van der Waals surface area contributed by atoms with Crippen LogP contribution in [0.1, 0.15) is 50.8 Å². The fourth-order valence-corrected chi connectivity index (χ4v) is 5.70. The quantitative estimate of drug-likeness (QED) is 0.163. The molecule has 1 aliphatic heterocycles. The summed E-state index contributed by atoms with van der Waals surface area (Å²) in [6.45, 7) is 9.37. The number of aromatic nitrogens is 2. The van der Waals surface area contributed by atoms with Gasteiger partial charge in [0, 0.05) is 56.2 Å². The molecule has 1 aliphatic rings. The number of nitrogens with one attached hydrogen (secondary N) is 1. The Morgan fingerprint density at radius 1 is 1.02 bits per heavy atom. The van der Waals surface area contributed by atoms with Crippen LogP contribution in [-0.4, -0.2) is 48.1 Å². The molecule has 0 bridgehead atoms. The number of hydrogen-bond acceptors (Lipinski definition) is 7. The number of amides is 2. The van der Waals surface area contributed by atoms with E-state index in [0.717, 1.165) is 22.9 Å². The molecule has 1 N–H and O–H groups in total. The standard InChI is InChI=1S/C33H39N5O5.2ClH/c1-6-38-27-9-8-24(20-28(27)36(5)31(40)33(3,4)32(38)41)42-18-7-14-35-26(23-10-15-34-16-11-23)12-17-37-21-22(2)25-13-19-43-29(25)30(37)39;;/h8-11,13,15-16,19-21,26,35H,6-7,12,14,17-18H2,1-5H3;2*1H. The number of ether oxygens (including phenoxy) is 1. The Morgan fingerprint density at radius 2 is 1.76 bits per heavy atom. The molecule has 1 atom stereocenters. The fourth-order valence-electron chi connectivity index (χ4n) is 5.70. The molecule has 0 radical (unpaired) electrons. The van der Waals surface area contributed by atoms with E-state index in [4.69, 9.17) is 9.15 Å². The van der Waals surface area contributed by atoms with Gasteiger partial charge < -0.3 is 28.8 Å². The van der Waals surface area contributed by atoms with Crippen LogP contribution in [0.15, 0.2) is 70.5 Å². The first kappa shape index (κ1) is 35.6. The van der Waals surface area contributed by atoms with Crippen LogP contribution >= 0.6 is 24.8 Å². The molecule has 4 heterocycles. The highest BCUT2D eigenvalue weighted by Gasteiger charge is 2.45. The Morgan fingerprint density at radius 3 is 2.47 bits per heavy atom. The first-order chi connectivity index (χ1) is 20.6. The van der Waals surface area contributed by atoms with Gasteiger partial charge in [0.05, 0.1) is 24.2 Å². The number of aryl methyl sites for hydroxylation is 2. The maximum absolute atomic E-state index is 13.1. The number of fused-ring (bicyclic) bond motifs is 2. The van der Waals surface area contributed by atoms with Crippen molar-refractivity contribution in [3.63, 3.8) is 0 Å². The van der Waals surface area contributed by atoms with Gasteiger partial charge in [-0.2, -0.15) is 0 Å². The molecule has 1 aromatic carbocycles. The van der Waals surface area contributed by atoms with Crippen LogP contribution in [0.2, 0.25) is 0 Å². The lowest BCUT2D eigenvalue weighted by Crippen LogP contribution is -2.47. The zero-order valence-corrected chi connectivity index (χ0v) is 27.9. The Balaban J connectivity index is 0.00000276. The molecule has 0 saturated carbocycles. The van der Waals surface area contributed by atoms with E-state index in [0.29, 0.717) is 55.4 Å². The molecule has 1 unspecified atom stereocenters. The van der Waals surface area contributed by atoms with Crippen molar-refractivity contribution >= 4 is 59.0 Å². The van der Waals surface area contributed by atoms with Gasteiger partial charge in [-0.25, -0.2) is 0 Å². The van der Waals surface area contributed by atoms with Gasteiger partial charge in [-0.15, -0.1) is 24.8 Å². The van der Waals surface area contributed by atoms with Crippen LogP contribution < -0.4 is 25.4 Å². The number of pyridine rings is 2. The van der Waals surface area contributed by atoms with Crippen LogP contribution in [0.4, 0.5) is 11.4 Å². The summed E-state index contributed by atoms with van der Waals surface area (Å²) in [5.74, 6) is 0.172. The van der Waals surface area contributed by atoms with Gasteiger partial charge in [-0.1, -0.05) is 0 Å². The van der Waals surface area contributed by atoms with Gasteiger partial charge in [-0.3, -0.25) is 19.4 Å². The molecular formula is C33H41Cl2N5O5. The average molecular weight is 659 g/mol. The SMILES string of the molecule is CCN1C(=O)C(C)(C)C(=O)N(C)c2cc(OCCCNC(CCn3cc(C)c4ccoc4c3=O)c3ccncc3)ccc21.Cl.Cl. The van der Waals surface area contributed by atoms with Gasteiger partial charge in [-0.05, 0) is 88.5 Å². The number of furan rings is 1. The summed E-state index contributed by atoms with van der Waals surface area (Å²) in [5.41, 5.74) is 2.55. The van der Waals surface area contributed by atoms with Gasteiger partial charge in [0.15, 0.2) is 5.58 Å². The highest BCUT2D eigenvalue weighted by molar-refractivity contribution is 6.20. The highest BCUT2D eigenvalue weighted by Crippen LogP contribution is 2.40. The third-order valence-electron chi connectivity index (χ3n) is 8.18. The highest BCUT2D eigenvalue weighted by atomic mass is 35.5. The Labute approximate surface area is 275 Å². The summed E-state index contributed by atoms with van der Waals surface area (Å²) >= 11 is 0. The summed E-state index contributed by atoms with van der Waals surface area (Å²) in [4.78, 5) is 46.5. The third-order valence-corrected chi connectivity index (χ3v) is 8.18. The zero-order valence-electron chi connectivity index (χ0n) is 26.2. The molecule has 3 aromatic heterocycles. The Kier molecular flexibility index (Phi) is 11.8. The molecule has 5 rings (SSSR count). The fraction of sp³-hybridized carbons (Fsp3) is 0.394. The smallest absolute Gasteiger partial charge is 0.294 e. The molecule has 0 fully saturated rings. The van der Waals surface area contributed by atoms with Crippen molar-refractivity contribution < 1.29 is 18.7 Å². The van der Waals surface area contributed by atoms with E-state index in [-0.39, 0.29) is 48.2 Å². The van der Waals surface area contributed by atoms with Gasteiger partial charge in [0.2, 0.25) is 11.8 Å². The van der Waals surface area contributed by atoms with E-state index in [9.17, 15) is 14.4 Å². The maximum Gasteiger partial charge on any atom is 0.294 e. The molecule has 45 heavy (non-hydrogen) atoms. The second-order valence-electron chi connectivity index (χ2n) is 11.4. The van der Waals surface area contributed by atoms with Crippen molar-refractivity contribution in [2.45, 2.75) is 53.1 Å². The Hall–Kier alpha value is -3.86. The summed E-state index contributed by atoms with van der Waals surface area (Å²) < 4.78 is 13.2. The topological polar surface area (TPSA) is 110 Å². The van der Waals surface area contributed by atoms with E-state index in [1.165, 1.54) is 0 Å². The minimum atomic E-state index is -1.15. The van der Waals surface area contributed by atoms with Crippen LogP contribution in [0.3, 0.4) is 0 Å². The average Bonchev–Trinajstić information content (AvgIpc) is 3.51. The number of rotatable bonds is 11. The molecule has 0 aliphatic carbocycles. The van der Waals surface area contributed by atoms with E-state index in [1.54, 1.807) is 53.9 Å². The maximum atomic E-state index is 13.1. The lowest BCUT2D eigenvalue weighted by atomic mass is 9.90. The van der Waals surface area contributed by atoms with Gasteiger partial charge >= 0.3 is 0 Å². The lowest BCUT2D eigenvalue weighted by molar-refractivity contribution is -0.137. The minimum absolute atomic E-state index is 0. The number of halogens is 2. The predicted octanol–water partition coefficient (Wildman–Crippen LogP) is 5.69. The van der Waals surface area contributed by atoms with Gasteiger partial charge in [0.1, 0.15) is 11.2 Å². The summed E-state index contributed by atoms with van der Waals surface area (Å²) in [5, 5.41) is 4.46. The lowest BCUT2D eigenvalue weighted by Gasteiger charge is -2.27. The van der Waals surface area contributed by atoms with Crippen LogP contribution in [0.25, 0.3) is 11.0 Å². The van der Waals surface area contributed by atoms with Crippen molar-refractivity contribution in [3.05, 3.63) is 82.7 Å². The number of carbonyl (C=O) groups is 2.